The normalized spacial score (nSPS) is 18.6. The van der Waals surface area contributed by atoms with Crippen molar-refractivity contribution >= 4 is 41.0 Å². The number of amides is 2. The Morgan fingerprint density at radius 1 is 1.36 bits per heavy atom. The van der Waals surface area contributed by atoms with E-state index in [9.17, 15) is 19.5 Å². The second-order valence-corrected chi connectivity index (χ2v) is 5.78. The summed E-state index contributed by atoms with van der Waals surface area (Å²) in [6.07, 6.45) is 0.566. The van der Waals surface area contributed by atoms with Gasteiger partial charge in [0.2, 0.25) is 11.8 Å². The number of carbonyl (C=O) groups excluding carboxylic acids is 2. The van der Waals surface area contributed by atoms with Gasteiger partial charge in [0.1, 0.15) is 12.1 Å². The summed E-state index contributed by atoms with van der Waals surface area (Å²) in [6.45, 7) is 0. The average molecular weight is 345 g/mol. The van der Waals surface area contributed by atoms with Crippen molar-refractivity contribution in [2.24, 2.45) is 0 Å². The molecule has 0 unspecified atom stereocenters. The Labute approximate surface area is 136 Å². The molecule has 1 aliphatic rings. The minimum absolute atomic E-state index is 0.0414. The molecule has 6 nitrogen and oxygen atoms in total. The van der Waals surface area contributed by atoms with Gasteiger partial charge in [-0.05, 0) is 24.1 Å². The van der Waals surface area contributed by atoms with Crippen LogP contribution in [-0.2, 0) is 20.8 Å². The summed E-state index contributed by atoms with van der Waals surface area (Å²) in [5, 5.41) is 14.8. The van der Waals surface area contributed by atoms with E-state index in [4.69, 9.17) is 23.2 Å². The van der Waals surface area contributed by atoms with Gasteiger partial charge in [0, 0.05) is 22.9 Å². The van der Waals surface area contributed by atoms with Crippen LogP contribution in [0.2, 0.25) is 10.0 Å². The summed E-state index contributed by atoms with van der Waals surface area (Å²) in [4.78, 5) is 34.5. The lowest BCUT2D eigenvalue weighted by molar-refractivity contribution is -0.142. The highest BCUT2D eigenvalue weighted by molar-refractivity contribution is 6.36. The molecule has 1 aliphatic heterocycles. The van der Waals surface area contributed by atoms with Gasteiger partial charge < -0.3 is 15.7 Å². The molecular formula is C14H14Cl2N2O4. The summed E-state index contributed by atoms with van der Waals surface area (Å²) in [6, 6.07) is 2.97. The van der Waals surface area contributed by atoms with Crippen LogP contribution in [0, 0.1) is 0 Å². The number of carbonyl (C=O) groups is 3. The minimum Gasteiger partial charge on any atom is -0.480 e. The molecule has 1 aromatic rings. The fourth-order valence-corrected chi connectivity index (χ4v) is 2.77. The Bertz CT molecular complexity index is 601. The number of hydrogen-bond acceptors (Lipinski definition) is 3. The maximum Gasteiger partial charge on any atom is 0.326 e. The number of aliphatic carboxylic acids is 1. The molecule has 2 rings (SSSR count). The van der Waals surface area contributed by atoms with E-state index in [0.717, 1.165) is 0 Å². The molecule has 2 amide bonds. The molecule has 8 heteroatoms. The van der Waals surface area contributed by atoms with Crippen LogP contribution in [0.5, 0.6) is 0 Å². The highest BCUT2D eigenvalue weighted by atomic mass is 35.5. The number of benzene rings is 1. The van der Waals surface area contributed by atoms with Crippen LogP contribution in [0.15, 0.2) is 18.2 Å². The van der Waals surface area contributed by atoms with Crippen molar-refractivity contribution in [3.63, 3.8) is 0 Å². The van der Waals surface area contributed by atoms with E-state index >= 15 is 0 Å². The summed E-state index contributed by atoms with van der Waals surface area (Å²) in [5.74, 6) is -1.95. The van der Waals surface area contributed by atoms with Gasteiger partial charge in [-0.25, -0.2) is 4.79 Å². The topological polar surface area (TPSA) is 95.5 Å². The number of hydrogen-bond donors (Lipinski definition) is 3. The van der Waals surface area contributed by atoms with Crippen LogP contribution in [0.1, 0.15) is 18.4 Å². The fourth-order valence-electron chi connectivity index (χ4n) is 2.21. The lowest BCUT2D eigenvalue weighted by Crippen LogP contribution is -2.49. The predicted molar refractivity (Wildman–Crippen MR) is 80.9 cm³/mol. The van der Waals surface area contributed by atoms with Crippen LogP contribution in [0.25, 0.3) is 0 Å². The first-order chi connectivity index (χ1) is 10.4. The second-order valence-electron chi connectivity index (χ2n) is 4.96. The average Bonchev–Trinajstić information content (AvgIpc) is 2.88. The monoisotopic (exact) mass is 344 g/mol. The highest BCUT2D eigenvalue weighted by Crippen LogP contribution is 2.25. The zero-order valence-corrected chi connectivity index (χ0v) is 12.9. The molecule has 0 bridgehead atoms. The summed E-state index contributed by atoms with van der Waals surface area (Å²) in [5.41, 5.74) is 0.453. The molecule has 2 atom stereocenters. The summed E-state index contributed by atoms with van der Waals surface area (Å²) >= 11 is 12.0. The molecule has 0 aromatic heterocycles. The Kier molecular flexibility index (Phi) is 5.26. The molecule has 0 saturated carbocycles. The third kappa shape index (κ3) is 3.90. The molecule has 22 heavy (non-hydrogen) atoms. The third-order valence-corrected chi connectivity index (χ3v) is 4.10. The maximum absolute atomic E-state index is 12.0. The quantitative estimate of drug-likeness (QED) is 0.751. The van der Waals surface area contributed by atoms with Gasteiger partial charge in [0.25, 0.3) is 0 Å². The van der Waals surface area contributed by atoms with Gasteiger partial charge in [-0.15, -0.1) is 0 Å². The molecule has 1 saturated heterocycles. The predicted octanol–water partition coefficient (Wildman–Crippen LogP) is 1.38. The van der Waals surface area contributed by atoms with E-state index in [1.54, 1.807) is 18.2 Å². The fraction of sp³-hybridized carbons (Fsp3) is 0.357. The number of rotatable bonds is 5. The van der Waals surface area contributed by atoms with Crippen LogP contribution in [0.3, 0.4) is 0 Å². The number of halogens is 2. The van der Waals surface area contributed by atoms with E-state index in [1.165, 1.54) is 0 Å². The second kappa shape index (κ2) is 6.98. The first-order valence-corrected chi connectivity index (χ1v) is 7.39. The summed E-state index contributed by atoms with van der Waals surface area (Å²) in [7, 11) is 0. The lowest BCUT2D eigenvalue weighted by Gasteiger charge is -2.18. The zero-order chi connectivity index (χ0) is 16.3. The largest absolute Gasteiger partial charge is 0.480 e. The molecule has 0 radical (unpaired) electrons. The van der Waals surface area contributed by atoms with Crippen molar-refractivity contribution in [1.82, 2.24) is 10.6 Å². The van der Waals surface area contributed by atoms with Crippen LogP contribution in [0.4, 0.5) is 0 Å². The first-order valence-electron chi connectivity index (χ1n) is 6.64. The van der Waals surface area contributed by atoms with Crippen LogP contribution in [-0.4, -0.2) is 35.0 Å². The van der Waals surface area contributed by atoms with Gasteiger partial charge in [-0.1, -0.05) is 29.3 Å². The Morgan fingerprint density at radius 2 is 2.00 bits per heavy atom. The van der Waals surface area contributed by atoms with E-state index in [1.807, 2.05) is 0 Å². The lowest BCUT2D eigenvalue weighted by atomic mass is 10.0. The highest BCUT2D eigenvalue weighted by Gasteiger charge is 2.31. The number of nitrogens with one attached hydrogen (secondary N) is 2. The zero-order valence-electron chi connectivity index (χ0n) is 11.4. The smallest absolute Gasteiger partial charge is 0.326 e. The molecular weight excluding hydrogens is 331 g/mol. The van der Waals surface area contributed by atoms with Crippen molar-refractivity contribution in [3.8, 4) is 0 Å². The van der Waals surface area contributed by atoms with Gasteiger partial charge in [-0.2, -0.15) is 0 Å². The Hall–Kier alpha value is -1.79. The van der Waals surface area contributed by atoms with Crippen molar-refractivity contribution in [2.75, 3.05) is 0 Å². The Balaban J connectivity index is 2.09. The van der Waals surface area contributed by atoms with Crippen LogP contribution >= 0.6 is 23.2 Å². The van der Waals surface area contributed by atoms with Gasteiger partial charge >= 0.3 is 5.97 Å². The SMILES string of the molecule is O=C1CC[C@@H](C(=O)N[C@H](Cc2c(Cl)cccc2Cl)C(=O)O)N1. The van der Waals surface area contributed by atoms with Gasteiger partial charge in [0.05, 0.1) is 0 Å². The molecule has 3 N–H and O–H groups in total. The molecule has 1 aromatic carbocycles. The molecule has 1 heterocycles. The first kappa shape index (κ1) is 16.6. The van der Waals surface area contributed by atoms with E-state index in [0.29, 0.717) is 22.0 Å². The minimum atomic E-state index is -1.20. The van der Waals surface area contributed by atoms with Gasteiger partial charge in [-0.3, -0.25) is 9.59 Å². The molecule has 0 aliphatic carbocycles. The van der Waals surface area contributed by atoms with Crippen molar-refractivity contribution in [2.45, 2.75) is 31.3 Å². The summed E-state index contributed by atoms with van der Waals surface area (Å²) < 4.78 is 0. The van der Waals surface area contributed by atoms with Crippen LogP contribution < -0.4 is 10.6 Å². The molecule has 0 spiro atoms. The number of carboxylic acids is 1. The van der Waals surface area contributed by atoms with Crippen molar-refractivity contribution < 1.29 is 19.5 Å². The number of carboxylic acid groups (broad SMARTS) is 1. The van der Waals surface area contributed by atoms with E-state index < -0.39 is 24.0 Å². The van der Waals surface area contributed by atoms with Crippen molar-refractivity contribution in [3.05, 3.63) is 33.8 Å². The standard InChI is InChI=1S/C14H14Cl2N2O4/c15-8-2-1-3-9(16)7(8)6-11(14(21)22)18-13(20)10-4-5-12(19)17-10/h1-3,10-11H,4-6H2,(H,17,19)(H,18,20)(H,21,22)/t10-,11+/m0/s1. The maximum atomic E-state index is 12.0. The Morgan fingerprint density at radius 3 is 2.50 bits per heavy atom. The molecule has 1 fully saturated rings. The third-order valence-electron chi connectivity index (χ3n) is 3.40. The van der Waals surface area contributed by atoms with E-state index in [2.05, 4.69) is 10.6 Å². The van der Waals surface area contributed by atoms with E-state index in [-0.39, 0.29) is 18.7 Å². The van der Waals surface area contributed by atoms with Gasteiger partial charge in [0.15, 0.2) is 0 Å². The molecule has 118 valence electrons. The van der Waals surface area contributed by atoms with Crippen molar-refractivity contribution in [1.29, 1.82) is 0 Å².